The summed E-state index contributed by atoms with van der Waals surface area (Å²) in [7, 11) is 0. The zero-order valence-corrected chi connectivity index (χ0v) is 14.6. The van der Waals surface area contributed by atoms with Crippen molar-refractivity contribution >= 4 is 6.09 Å². The molecule has 0 radical (unpaired) electrons. The topological polar surface area (TPSA) is 65.4 Å². The molecule has 3 rings (SSSR count). The number of hydrogen-bond donors (Lipinski definition) is 1. The Balaban J connectivity index is 1.38. The highest BCUT2D eigenvalue weighted by atomic mass is 16.6. The van der Waals surface area contributed by atoms with Gasteiger partial charge in [0.2, 0.25) is 0 Å². The molecule has 1 atom stereocenters. The van der Waals surface area contributed by atoms with Gasteiger partial charge in [0.15, 0.2) is 0 Å². The Morgan fingerprint density at radius 3 is 3.00 bits per heavy atom. The molecular formula is C19H25N3O3. The van der Waals surface area contributed by atoms with E-state index in [1.807, 2.05) is 41.9 Å². The Labute approximate surface area is 148 Å². The van der Waals surface area contributed by atoms with Gasteiger partial charge in [-0.15, -0.1) is 0 Å². The van der Waals surface area contributed by atoms with Crippen LogP contribution in [0.5, 0.6) is 0 Å². The molecule has 2 heterocycles. The summed E-state index contributed by atoms with van der Waals surface area (Å²) in [6.07, 6.45) is 5.48. The number of hydrogen-bond acceptors (Lipinski definition) is 4. The molecule has 2 aromatic rings. The van der Waals surface area contributed by atoms with Gasteiger partial charge in [0.25, 0.3) is 0 Å². The van der Waals surface area contributed by atoms with E-state index in [-0.39, 0.29) is 12.2 Å². The Morgan fingerprint density at radius 2 is 2.24 bits per heavy atom. The van der Waals surface area contributed by atoms with Crippen LogP contribution in [0.3, 0.4) is 0 Å². The summed E-state index contributed by atoms with van der Waals surface area (Å²) in [5.74, 6) is 0. The summed E-state index contributed by atoms with van der Waals surface area (Å²) in [5, 5.41) is 7.35. The van der Waals surface area contributed by atoms with Crippen LogP contribution in [0.25, 0.3) is 5.69 Å². The van der Waals surface area contributed by atoms with Crippen molar-refractivity contribution in [3.8, 4) is 5.69 Å². The third-order valence-corrected chi connectivity index (χ3v) is 4.34. The number of para-hydroxylation sites is 1. The molecule has 0 spiro atoms. The summed E-state index contributed by atoms with van der Waals surface area (Å²) in [6, 6.07) is 10.0. The van der Waals surface area contributed by atoms with Crippen molar-refractivity contribution < 1.29 is 14.3 Å². The number of amides is 1. The largest absolute Gasteiger partial charge is 0.447 e. The van der Waals surface area contributed by atoms with Crippen LogP contribution >= 0.6 is 0 Å². The first kappa shape index (κ1) is 17.5. The summed E-state index contributed by atoms with van der Waals surface area (Å²) in [4.78, 5) is 11.7. The molecule has 1 fully saturated rings. The molecule has 0 saturated carbocycles. The second-order valence-electron chi connectivity index (χ2n) is 6.28. The second kappa shape index (κ2) is 8.67. The number of aromatic nitrogens is 2. The van der Waals surface area contributed by atoms with Crippen molar-refractivity contribution in [3.63, 3.8) is 0 Å². The summed E-state index contributed by atoms with van der Waals surface area (Å²) in [6.45, 7) is 3.71. The van der Waals surface area contributed by atoms with Crippen molar-refractivity contribution in [2.45, 2.75) is 38.7 Å². The minimum atomic E-state index is -0.368. The molecule has 6 nitrogen and oxygen atoms in total. The van der Waals surface area contributed by atoms with E-state index < -0.39 is 0 Å². The first-order valence-corrected chi connectivity index (χ1v) is 8.85. The number of benzene rings is 1. The average molecular weight is 343 g/mol. The smallest absolute Gasteiger partial charge is 0.407 e. The van der Waals surface area contributed by atoms with E-state index in [0.717, 1.165) is 43.7 Å². The van der Waals surface area contributed by atoms with Crippen LogP contribution in [0.1, 0.15) is 30.5 Å². The fourth-order valence-electron chi connectivity index (χ4n) is 2.92. The standard InChI is InChI=1S/C19H25N3O3/c1-15-16(13-22(21-15)17-8-3-2-4-9-17)7-5-11-20-19(23)25-14-18-10-6-12-24-18/h2-4,8-9,13,18H,5-7,10-12,14H2,1H3,(H,20,23)/t18-/m1/s1. The van der Waals surface area contributed by atoms with E-state index in [1.54, 1.807) is 0 Å². The number of alkyl carbamates (subject to hydrolysis) is 1. The SMILES string of the molecule is Cc1nn(-c2ccccc2)cc1CCCNC(=O)OC[C@H]1CCCO1. The monoisotopic (exact) mass is 343 g/mol. The zero-order valence-electron chi connectivity index (χ0n) is 14.6. The van der Waals surface area contributed by atoms with Crippen LogP contribution in [0.4, 0.5) is 4.79 Å². The lowest BCUT2D eigenvalue weighted by atomic mass is 10.1. The van der Waals surface area contributed by atoms with Gasteiger partial charge in [0, 0.05) is 19.3 Å². The van der Waals surface area contributed by atoms with Crippen molar-refractivity contribution in [1.29, 1.82) is 0 Å². The van der Waals surface area contributed by atoms with Crippen molar-refractivity contribution in [3.05, 3.63) is 47.8 Å². The van der Waals surface area contributed by atoms with Crippen LogP contribution in [0, 0.1) is 6.92 Å². The number of ether oxygens (including phenoxy) is 2. The maximum atomic E-state index is 11.7. The molecule has 0 unspecified atom stereocenters. The Bertz CT molecular complexity index is 678. The number of nitrogens with zero attached hydrogens (tertiary/aromatic N) is 2. The minimum Gasteiger partial charge on any atom is -0.447 e. The van der Waals surface area contributed by atoms with E-state index in [4.69, 9.17) is 9.47 Å². The van der Waals surface area contributed by atoms with Gasteiger partial charge in [0.05, 0.1) is 17.5 Å². The van der Waals surface area contributed by atoms with E-state index >= 15 is 0 Å². The highest BCUT2D eigenvalue weighted by Gasteiger charge is 2.17. The highest BCUT2D eigenvalue weighted by Crippen LogP contribution is 2.13. The third kappa shape index (κ3) is 5.06. The Morgan fingerprint density at radius 1 is 1.40 bits per heavy atom. The van der Waals surface area contributed by atoms with Gasteiger partial charge in [-0.05, 0) is 50.3 Å². The van der Waals surface area contributed by atoms with Gasteiger partial charge in [-0.1, -0.05) is 18.2 Å². The van der Waals surface area contributed by atoms with Gasteiger partial charge >= 0.3 is 6.09 Å². The molecule has 0 bridgehead atoms. The predicted molar refractivity (Wildman–Crippen MR) is 94.9 cm³/mol. The average Bonchev–Trinajstić information content (AvgIpc) is 3.28. The molecule has 1 amide bonds. The van der Waals surface area contributed by atoms with Gasteiger partial charge in [-0.2, -0.15) is 5.10 Å². The number of rotatable bonds is 7. The molecule has 1 saturated heterocycles. The van der Waals surface area contributed by atoms with Gasteiger partial charge in [0.1, 0.15) is 6.61 Å². The molecule has 1 N–H and O–H groups in total. The second-order valence-corrected chi connectivity index (χ2v) is 6.28. The van der Waals surface area contributed by atoms with Crippen molar-refractivity contribution in [2.24, 2.45) is 0 Å². The lowest BCUT2D eigenvalue weighted by molar-refractivity contribution is 0.0439. The molecule has 6 heteroatoms. The van der Waals surface area contributed by atoms with Crippen LogP contribution in [-0.2, 0) is 15.9 Å². The normalized spacial score (nSPS) is 16.8. The van der Waals surface area contributed by atoms with Gasteiger partial charge in [-0.3, -0.25) is 0 Å². The number of aryl methyl sites for hydroxylation is 2. The first-order chi connectivity index (χ1) is 12.2. The molecular weight excluding hydrogens is 318 g/mol. The van der Waals surface area contributed by atoms with Crippen molar-refractivity contribution in [1.82, 2.24) is 15.1 Å². The molecule has 1 aromatic carbocycles. The molecule has 134 valence electrons. The molecule has 0 aliphatic carbocycles. The summed E-state index contributed by atoms with van der Waals surface area (Å²) < 4.78 is 12.5. The minimum absolute atomic E-state index is 0.0669. The Hall–Kier alpha value is -2.34. The quantitative estimate of drug-likeness (QED) is 0.785. The predicted octanol–water partition coefficient (Wildman–Crippen LogP) is 3.02. The first-order valence-electron chi connectivity index (χ1n) is 8.85. The maximum Gasteiger partial charge on any atom is 0.407 e. The van der Waals surface area contributed by atoms with E-state index in [9.17, 15) is 4.79 Å². The molecule has 25 heavy (non-hydrogen) atoms. The molecule has 1 aromatic heterocycles. The third-order valence-electron chi connectivity index (χ3n) is 4.34. The molecule has 1 aliphatic rings. The van der Waals surface area contributed by atoms with Crippen molar-refractivity contribution in [2.75, 3.05) is 19.8 Å². The van der Waals surface area contributed by atoms with E-state index in [0.29, 0.717) is 13.2 Å². The van der Waals surface area contributed by atoms with Crippen LogP contribution in [0.15, 0.2) is 36.5 Å². The van der Waals surface area contributed by atoms with Crippen LogP contribution < -0.4 is 5.32 Å². The Kier molecular flexibility index (Phi) is 6.06. The van der Waals surface area contributed by atoms with E-state index in [2.05, 4.69) is 16.6 Å². The van der Waals surface area contributed by atoms with E-state index in [1.165, 1.54) is 5.56 Å². The molecule has 1 aliphatic heterocycles. The van der Waals surface area contributed by atoms with Crippen LogP contribution in [0.2, 0.25) is 0 Å². The lowest BCUT2D eigenvalue weighted by Crippen LogP contribution is -2.28. The lowest BCUT2D eigenvalue weighted by Gasteiger charge is -2.10. The van der Waals surface area contributed by atoms with Gasteiger partial charge < -0.3 is 14.8 Å². The highest BCUT2D eigenvalue weighted by molar-refractivity contribution is 5.67. The zero-order chi connectivity index (χ0) is 17.5. The fourth-order valence-corrected chi connectivity index (χ4v) is 2.92. The maximum absolute atomic E-state index is 11.7. The fraction of sp³-hybridized carbons (Fsp3) is 0.474. The number of carbonyl (C=O) groups excluding carboxylic acids is 1. The van der Waals surface area contributed by atoms with Crippen LogP contribution in [-0.4, -0.2) is 41.7 Å². The number of carbonyl (C=O) groups is 1. The van der Waals surface area contributed by atoms with Gasteiger partial charge in [-0.25, -0.2) is 9.48 Å². The summed E-state index contributed by atoms with van der Waals surface area (Å²) in [5.41, 5.74) is 3.26. The number of nitrogens with one attached hydrogen (secondary N) is 1. The summed E-state index contributed by atoms with van der Waals surface area (Å²) >= 11 is 0.